The topological polar surface area (TPSA) is 49.4 Å². The molecule has 2 aromatic carbocycles. The minimum atomic E-state index is -0.651. The summed E-state index contributed by atoms with van der Waals surface area (Å²) in [6.45, 7) is 0.0695. The van der Waals surface area contributed by atoms with Gasteiger partial charge in [0.25, 0.3) is 0 Å². The Hall–Kier alpha value is -2.76. The average Bonchev–Trinajstić information content (AvgIpc) is 2.92. The van der Waals surface area contributed by atoms with Crippen molar-refractivity contribution in [3.05, 3.63) is 60.2 Å². The van der Waals surface area contributed by atoms with Crippen LogP contribution >= 0.6 is 0 Å². The van der Waals surface area contributed by atoms with E-state index < -0.39 is 23.5 Å². The maximum absolute atomic E-state index is 13.8. The summed E-state index contributed by atoms with van der Waals surface area (Å²) in [5.74, 6) is -2.50. The highest BCUT2D eigenvalue weighted by Crippen LogP contribution is 2.28. The second-order valence-corrected chi connectivity index (χ2v) is 5.33. The largest absolute Gasteiger partial charge is 0.323 e. The zero-order chi connectivity index (χ0) is 16.4. The molecule has 2 aromatic rings. The van der Waals surface area contributed by atoms with Crippen LogP contribution in [0.4, 0.5) is 20.2 Å². The molecule has 1 aliphatic heterocycles. The van der Waals surface area contributed by atoms with Crippen LogP contribution in [-0.4, -0.2) is 18.4 Å². The number of rotatable bonds is 3. The van der Waals surface area contributed by atoms with E-state index >= 15 is 0 Å². The smallest absolute Gasteiger partial charge is 0.229 e. The van der Waals surface area contributed by atoms with Gasteiger partial charge in [-0.3, -0.25) is 9.59 Å². The van der Waals surface area contributed by atoms with Crippen LogP contribution in [0.2, 0.25) is 0 Å². The molecule has 1 atom stereocenters. The normalized spacial score (nSPS) is 17.4. The molecule has 1 aliphatic rings. The second kappa shape index (κ2) is 6.16. The van der Waals surface area contributed by atoms with Gasteiger partial charge in [-0.25, -0.2) is 8.78 Å². The highest BCUT2D eigenvalue weighted by Gasteiger charge is 2.36. The number of hydrogen-bond donors (Lipinski definition) is 1. The first-order valence-corrected chi connectivity index (χ1v) is 7.16. The van der Waals surface area contributed by atoms with Crippen LogP contribution in [0.5, 0.6) is 0 Å². The molecule has 1 heterocycles. The summed E-state index contributed by atoms with van der Waals surface area (Å²) in [4.78, 5) is 25.5. The molecular formula is C17H14F2N2O2. The van der Waals surface area contributed by atoms with Crippen LogP contribution in [0.25, 0.3) is 0 Å². The molecule has 6 heteroatoms. The molecule has 23 heavy (non-hydrogen) atoms. The van der Waals surface area contributed by atoms with E-state index in [1.165, 1.54) is 41.3 Å². The minimum absolute atomic E-state index is 0.0331. The first kappa shape index (κ1) is 15.1. The molecule has 1 N–H and O–H groups in total. The van der Waals surface area contributed by atoms with Gasteiger partial charge in [0.1, 0.15) is 11.6 Å². The zero-order valence-electron chi connectivity index (χ0n) is 12.1. The number of anilines is 2. The monoisotopic (exact) mass is 316 g/mol. The highest BCUT2D eigenvalue weighted by molar-refractivity contribution is 6.03. The van der Waals surface area contributed by atoms with E-state index in [4.69, 9.17) is 0 Å². The summed E-state index contributed by atoms with van der Waals surface area (Å²) < 4.78 is 27.4. The van der Waals surface area contributed by atoms with Crippen molar-refractivity contribution in [1.29, 1.82) is 0 Å². The molecule has 2 amide bonds. The van der Waals surface area contributed by atoms with Crippen molar-refractivity contribution in [1.82, 2.24) is 0 Å². The van der Waals surface area contributed by atoms with Gasteiger partial charge in [0.05, 0.1) is 17.3 Å². The molecule has 4 nitrogen and oxygen atoms in total. The van der Waals surface area contributed by atoms with E-state index in [9.17, 15) is 18.4 Å². The summed E-state index contributed by atoms with van der Waals surface area (Å²) >= 11 is 0. The Kier molecular flexibility index (Phi) is 4.06. The summed E-state index contributed by atoms with van der Waals surface area (Å²) in [6, 6.07) is 11.7. The SMILES string of the molecule is O=C(Nc1ccccc1F)[C@@H]1CC(=O)N(c2ccccc2F)C1. The van der Waals surface area contributed by atoms with Crippen LogP contribution in [-0.2, 0) is 9.59 Å². The number of carbonyl (C=O) groups is 2. The summed E-state index contributed by atoms with van der Waals surface area (Å²) in [6.07, 6.45) is -0.0331. The van der Waals surface area contributed by atoms with Gasteiger partial charge in [0.2, 0.25) is 11.8 Å². The van der Waals surface area contributed by atoms with Gasteiger partial charge in [-0.1, -0.05) is 24.3 Å². The Morgan fingerprint density at radius 3 is 2.39 bits per heavy atom. The molecule has 1 saturated heterocycles. The Bertz CT molecular complexity index is 764. The van der Waals surface area contributed by atoms with Gasteiger partial charge in [0.15, 0.2) is 0 Å². The quantitative estimate of drug-likeness (QED) is 0.946. The van der Waals surface area contributed by atoms with Crippen LogP contribution in [0.3, 0.4) is 0 Å². The molecular weight excluding hydrogens is 302 g/mol. The van der Waals surface area contributed by atoms with Gasteiger partial charge < -0.3 is 10.2 Å². The number of benzene rings is 2. The Morgan fingerprint density at radius 1 is 1.04 bits per heavy atom. The van der Waals surface area contributed by atoms with Crippen molar-refractivity contribution in [2.24, 2.45) is 5.92 Å². The van der Waals surface area contributed by atoms with Crippen molar-refractivity contribution in [2.45, 2.75) is 6.42 Å². The number of hydrogen-bond acceptors (Lipinski definition) is 2. The fraction of sp³-hybridized carbons (Fsp3) is 0.176. The van der Waals surface area contributed by atoms with Crippen LogP contribution in [0, 0.1) is 17.6 Å². The maximum atomic E-state index is 13.8. The Balaban J connectivity index is 1.74. The molecule has 0 unspecified atom stereocenters. The van der Waals surface area contributed by atoms with Crippen LogP contribution in [0.15, 0.2) is 48.5 Å². The lowest BCUT2D eigenvalue weighted by Crippen LogP contribution is -2.28. The molecule has 0 bridgehead atoms. The number of nitrogens with one attached hydrogen (secondary N) is 1. The molecule has 0 spiro atoms. The summed E-state index contributed by atoms with van der Waals surface area (Å²) in [5.41, 5.74) is 0.216. The van der Waals surface area contributed by atoms with E-state index in [1.807, 2.05) is 0 Å². The first-order chi connectivity index (χ1) is 11.1. The molecule has 1 fully saturated rings. The lowest BCUT2D eigenvalue weighted by atomic mass is 10.1. The average molecular weight is 316 g/mol. The molecule has 0 radical (unpaired) electrons. The van der Waals surface area contributed by atoms with E-state index in [0.717, 1.165) is 0 Å². The molecule has 0 saturated carbocycles. The molecule has 0 aliphatic carbocycles. The van der Waals surface area contributed by atoms with E-state index in [1.54, 1.807) is 12.1 Å². The van der Waals surface area contributed by atoms with Crippen molar-refractivity contribution in [3.8, 4) is 0 Å². The Labute approximate surface area is 131 Å². The summed E-state index contributed by atoms with van der Waals surface area (Å²) in [7, 11) is 0. The lowest BCUT2D eigenvalue weighted by molar-refractivity contribution is -0.122. The number of para-hydroxylation sites is 2. The van der Waals surface area contributed by atoms with Crippen molar-refractivity contribution in [3.63, 3.8) is 0 Å². The minimum Gasteiger partial charge on any atom is -0.323 e. The fourth-order valence-electron chi connectivity index (χ4n) is 2.58. The van der Waals surface area contributed by atoms with Crippen LogP contribution in [0.1, 0.15) is 6.42 Å². The number of amides is 2. The van der Waals surface area contributed by atoms with Gasteiger partial charge in [-0.2, -0.15) is 0 Å². The maximum Gasteiger partial charge on any atom is 0.229 e. The third-order valence-electron chi connectivity index (χ3n) is 3.77. The van der Waals surface area contributed by atoms with Gasteiger partial charge >= 0.3 is 0 Å². The second-order valence-electron chi connectivity index (χ2n) is 5.33. The van der Waals surface area contributed by atoms with E-state index in [-0.39, 0.29) is 30.2 Å². The van der Waals surface area contributed by atoms with Gasteiger partial charge in [-0.05, 0) is 24.3 Å². The van der Waals surface area contributed by atoms with Crippen molar-refractivity contribution >= 4 is 23.2 Å². The van der Waals surface area contributed by atoms with Gasteiger partial charge in [0, 0.05) is 13.0 Å². The number of halogens is 2. The lowest BCUT2D eigenvalue weighted by Gasteiger charge is -2.17. The third kappa shape index (κ3) is 3.06. The highest BCUT2D eigenvalue weighted by atomic mass is 19.1. The van der Waals surface area contributed by atoms with Crippen molar-refractivity contribution < 1.29 is 18.4 Å². The fourth-order valence-corrected chi connectivity index (χ4v) is 2.58. The molecule has 118 valence electrons. The first-order valence-electron chi connectivity index (χ1n) is 7.16. The van der Waals surface area contributed by atoms with Gasteiger partial charge in [-0.15, -0.1) is 0 Å². The molecule has 3 rings (SSSR count). The molecule has 0 aromatic heterocycles. The summed E-state index contributed by atoms with van der Waals surface area (Å²) in [5, 5.41) is 2.47. The third-order valence-corrected chi connectivity index (χ3v) is 3.77. The van der Waals surface area contributed by atoms with Crippen LogP contribution < -0.4 is 10.2 Å². The predicted octanol–water partition coefficient (Wildman–Crippen LogP) is 2.96. The van der Waals surface area contributed by atoms with E-state index in [0.29, 0.717) is 0 Å². The predicted molar refractivity (Wildman–Crippen MR) is 81.9 cm³/mol. The van der Waals surface area contributed by atoms with E-state index in [2.05, 4.69) is 5.32 Å². The Morgan fingerprint density at radius 2 is 1.70 bits per heavy atom. The number of nitrogens with zero attached hydrogens (tertiary/aromatic N) is 1. The zero-order valence-corrected chi connectivity index (χ0v) is 12.1. The number of carbonyl (C=O) groups excluding carboxylic acids is 2. The standard InChI is InChI=1S/C17H14F2N2O2/c18-12-5-1-3-7-14(12)20-17(23)11-9-16(22)21(10-11)15-8-4-2-6-13(15)19/h1-8,11H,9-10H2,(H,20,23)/t11-/m1/s1. The van der Waals surface area contributed by atoms with Crippen molar-refractivity contribution in [2.75, 3.05) is 16.8 Å².